The highest BCUT2D eigenvalue weighted by Crippen LogP contribution is 2.45. The van der Waals surface area contributed by atoms with Crippen molar-refractivity contribution in [1.82, 2.24) is 4.98 Å². The van der Waals surface area contributed by atoms with Crippen molar-refractivity contribution in [3.05, 3.63) is 98.6 Å². The number of hydrogen-bond donors (Lipinski definition) is 1. The molecule has 0 aliphatic carbocycles. The van der Waals surface area contributed by atoms with E-state index >= 15 is 0 Å². The summed E-state index contributed by atoms with van der Waals surface area (Å²) >= 11 is 1.27. The lowest BCUT2D eigenvalue weighted by molar-refractivity contribution is -0.384. The highest BCUT2D eigenvalue weighted by molar-refractivity contribution is 7.22. The van der Waals surface area contributed by atoms with Crippen LogP contribution in [0.3, 0.4) is 0 Å². The van der Waals surface area contributed by atoms with E-state index < -0.39 is 22.7 Å². The Morgan fingerprint density at radius 2 is 1.87 bits per heavy atom. The molecular weight excluding hydrogens is 518 g/mol. The van der Waals surface area contributed by atoms with E-state index in [-0.39, 0.29) is 17.0 Å². The van der Waals surface area contributed by atoms with E-state index in [1.807, 2.05) is 32.9 Å². The minimum atomic E-state index is -1.05. The third-order valence-corrected chi connectivity index (χ3v) is 7.47. The molecule has 5 rings (SSSR count). The molecule has 0 saturated carbocycles. The summed E-state index contributed by atoms with van der Waals surface area (Å²) in [6, 6.07) is 15.1. The van der Waals surface area contributed by atoms with Gasteiger partial charge in [0.2, 0.25) is 0 Å². The fourth-order valence-corrected chi connectivity index (χ4v) is 5.86. The van der Waals surface area contributed by atoms with Crippen LogP contribution in [0.5, 0.6) is 5.75 Å². The zero-order valence-electron chi connectivity index (χ0n) is 21.5. The van der Waals surface area contributed by atoms with Crippen LogP contribution in [0.1, 0.15) is 41.6 Å². The van der Waals surface area contributed by atoms with Crippen molar-refractivity contribution in [2.75, 3.05) is 11.5 Å². The first-order valence-corrected chi connectivity index (χ1v) is 13.2. The summed E-state index contributed by atoms with van der Waals surface area (Å²) in [6.07, 6.45) is 0.794. The number of fused-ring (bicyclic) bond motifs is 1. The summed E-state index contributed by atoms with van der Waals surface area (Å²) in [5.41, 5.74) is 3.15. The number of hydrogen-bond acceptors (Lipinski definition) is 8. The van der Waals surface area contributed by atoms with Crippen LogP contribution in [-0.4, -0.2) is 33.3 Å². The van der Waals surface area contributed by atoms with E-state index in [1.165, 1.54) is 40.5 Å². The number of aromatic nitrogens is 1. The molecular formula is C29H25N3O6S. The average Bonchev–Trinajstić information content (AvgIpc) is 3.45. The van der Waals surface area contributed by atoms with Crippen LogP contribution >= 0.6 is 11.3 Å². The van der Waals surface area contributed by atoms with Crippen LogP contribution in [0.4, 0.5) is 10.8 Å². The highest BCUT2D eigenvalue weighted by Gasteiger charge is 2.48. The molecule has 198 valence electrons. The van der Waals surface area contributed by atoms with Crippen molar-refractivity contribution in [2.24, 2.45) is 0 Å². The van der Waals surface area contributed by atoms with Crippen molar-refractivity contribution in [2.45, 2.75) is 33.2 Å². The van der Waals surface area contributed by atoms with Crippen LogP contribution in [0, 0.1) is 24.0 Å². The van der Waals surface area contributed by atoms with E-state index in [9.17, 15) is 24.8 Å². The maximum absolute atomic E-state index is 13.5. The first-order valence-electron chi connectivity index (χ1n) is 12.4. The number of Topliss-reactive ketones (excluding diaryl/α,β-unsaturated/α-hetero) is 1. The number of nitrogens with zero attached hydrogens (tertiary/aromatic N) is 3. The van der Waals surface area contributed by atoms with Gasteiger partial charge in [-0.1, -0.05) is 36.5 Å². The van der Waals surface area contributed by atoms with Gasteiger partial charge < -0.3 is 9.84 Å². The summed E-state index contributed by atoms with van der Waals surface area (Å²) in [7, 11) is 0. The molecule has 1 amide bonds. The topological polar surface area (TPSA) is 123 Å². The van der Waals surface area contributed by atoms with Gasteiger partial charge in [0.25, 0.3) is 11.5 Å². The minimum absolute atomic E-state index is 0.131. The monoisotopic (exact) mass is 543 g/mol. The predicted octanol–water partition coefficient (Wildman–Crippen LogP) is 6.24. The van der Waals surface area contributed by atoms with Crippen LogP contribution < -0.4 is 9.64 Å². The number of carbonyl (C=O) groups is 2. The number of aliphatic hydroxyl groups is 1. The van der Waals surface area contributed by atoms with Gasteiger partial charge in [0, 0.05) is 17.7 Å². The number of rotatable bonds is 7. The molecule has 39 heavy (non-hydrogen) atoms. The number of nitro benzene ring substituents is 1. The maximum Gasteiger partial charge on any atom is 0.301 e. The number of nitro groups is 1. The summed E-state index contributed by atoms with van der Waals surface area (Å²) < 4.78 is 6.53. The summed E-state index contributed by atoms with van der Waals surface area (Å²) in [5, 5.41) is 23.0. The van der Waals surface area contributed by atoms with E-state index in [0.717, 1.165) is 22.2 Å². The number of benzene rings is 3. The number of amides is 1. The van der Waals surface area contributed by atoms with E-state index in [4.69, 9.17) is 9.72 Å². The molecule has 1 aliphatic rings. The lowest BCUT2D eigenvalue weighted by Gasteiger charge is -2.23. The molecule has 0 bridgehead atoms. The first kappa shape index (κ1) is 26.1. The second kappa shape index (κ2) is 10.3. The molecule has 1 N–H and O–H groups in total. The molecule has 0 radical (unpaired) electrons. The minimum Gasteiger partial charge on any atom is -0.507 e. The Bertz CT molecular complexity index is 1660. The molecule has 1 aromatic heterocycles. The average molecular weight is 544 g/mol. The van der Waals surface area contributed by atoms with E-state index in [0.29, 0.717) is 34.1 Å². The molecule has 2 heterocycles. The first-order chi connectivity index (χ1) is 18.7. The Hall–Kier alpha value is -4.57. The Balaban J connectivity index is 1.70. The molecule has 0 spiro atoms. The zero-order valence-corrected chi connectivity index (χ0v) is 22.3. The number of aryl methyl sites for hydroxylation is 2. The number of carbonyl (C=O) groups excluding carboxylic acids is 2. The normalized spacial score (nSPS) is 16.7. The third kappa shape index (κ3) is 4.74. The fourth-order valence-electron chi connectivity index (χ4n) is 4.69. The van der Waals surface area contributed by atoms with Gasteiger partial charge in [0.05, 0.1) is 33.4 Å². The molecule has 10 heteroatoms. The molecule has 1 saturated heterocycles. The highest BCUT2D eigenvalue weighted by atomic mass is 32.1. The predicted molar refractivity (Wildman–Crippen MR) is 149 cm³/mol. The Morgan fingerprint density at radius 1 is 1.13 bits per heavy atom. The molecule has 1 aliphatic heterocycles. The quantitative estimate of drug-likeness (QED) is 0.0963. The number of aliphatic hydroxyl groups excluding tert-OH is 1. The largest absolute Gasteiger partial charge is 0.507 e. The van der Waals surface area contributed by atoms with Crippen LogP contribution in [0.15, 0.2) is 66.2 Å². The molecule has 4 aromatic rings. The van der Waals surface area contributed by atoms with Crippen molar-refractivity contribution >= 4 is 49.8 Å². The smallest absolute Gasteiger partial charge is 0.301 e. The fraction of sp³-hybridized carbons (Fsp3) is 0.207. The van der Waals surface area contributed by atoms with Gasteiger partial charge in [-0.25, -0.2) is 4.98 Å². The van der Waals surface area contributed by atoms with Crippen molar-refractivity contribution in [1.29, 1.82) is 0 Å². The lowest BCUT2D eigenvalue weighted by Crippen LogP contribution is -2.29. The van der Waals surface area contributed by atoms with Gasteiger partial charge in [-0.15, -0.1) is 0 Å². The summed E-state index contributed by atoms with van der Waals surface area (Å²) in [6.45, 7) is 6.34. The third-order valence-electron chi connectivity index (χ3n) is 6.47. The van der Waals surface area contributed by atoms with Crippen LogP contribution in [0.2, 0.25) is 0 Å². The van der Waals surface area contributed by atoms with Crippen molar-refractivity contribution in [3.63, 3.8) is 0 Å². The van der Waals surface area contributed by atoms with Gasteiger partial charge >= 0.3 is 5.91 Å². The molecule has 3 aromatic carbocycles. The second-order valence-corrected chi connectivity index (χ2v) is 10.3. The maximum atomic E-state index is 13.5. The molecule has 1 atom stereocenters. The van der Waals surface area contributed by atoms with Crippen LogP contribution in [-0.2, 0) is 9.59 Å². The molecule has 9 nitrogen and oxygen atoms in total. The number of anilines is 1. The molecule has 1 unspecified atom stereocenters. The summed E-state index contributed by atoms with van der Waals surface area (Å²) in [4.78, 5) is 43.7. The van der Waals surface area contributed by atoms with Crippen LogP contribution in [0.25, 0.3) is 16.0 Å². The number of ketones is 1. The van der Waals surface area contributed by atoms with Gasteiger partial charge in [-0.3, -0.25) is 24.6 Å². The zero-order chi connectivity index (χ0) is 27.8. The summed E-state index contributed by atoms with van der Waals surface area (Å²) in [5.74, 6) is -1.57. The number of non-ortho nitro benzene ring substituents is 1. The Kier molecular flexibility index (Phi) is 6.88. The van der Waals surface area contributed by atoms with Gasteiger partial charge in [-0.05, 0) is 67.3 Å². The van der Waals surface area contributed by atoms with Crippen molar-refractivity contribution < 1.29 is 24.4 Å². The standard InChI is InChI=1S/C29H25N3O6S/c1-4-12-38-21-7-5-6-19(15-21)26(33)23-25(18-8-10-20(11-9-18)32(36)37)31(28(35)27(23)34)29-30-24-17(3)13-16(2)14-22(24)39-29/h5-11,13-15,25,33H,4,12H2,1-3H3. The Morgan fingerprint density at radius 3 is 2.56 bits per heavy atom. The molecule has 1 fully saturated rings. The SMILES string of the molecule is CCCOc1cccc(C(O)=C2C(=O)C(=O)N(c3nc4c(C)cc(C)cc4s3)C2c2ccc([N+](=O)[O-])cc2)c1. The number of ether oxygens (including phenoxy) is 1. The van der Waals surface area contributed by atoms with Gasteiger partial charge in [-0.2, -0.15) is 0 Å². The Labute approximate surface area is 228 Å². The number of thiazole rings is 1. The van der Waals surface area contributed by atoms with Crippen molar-refractivity contribution in [3.8, 4) is 5.75 Å². The van der Waals surface area contributed by atoms with Gasteiger partial charge in [0.15, 0.2) is 5.13 Å². The van der Waals surface area contributed by atoms with E-state index in [2.05, 4.69) is 0 Å². The lowest BCUT2D eigenvalue weighted by atomic mass is 9.95. The van der Waals surface area contributed by atoms with Gasteiger partial charge in [0.1, 0.15) is 11.5 Å². The second-order valence-electron chi connectivity index (χ2n) is 9.32. The van der Waals surface area contributed by atoms with E-state index in [1.54, 1.807) is 24.3 Å².